The van der Waals surface area contributed by atoms with Gasteiger partial charge >= 0.3 is 7.80 Å². The lowest BCUT2D eigenvalue weighted by Gasteiger charge is -2.40. The second-order valence-electron chi connectivity index (χ2n) is 6.76. The molecule has 100 valence electrons. The Hall–Kier alpha value is 0.0600. The van der Waals surface area contributed by atoms with Gasteiger partial charge < -0.3 is 4.74 Å². The fourth-order valence-electron chi connectivity index (χ4n) is 2.76. The molecule has 3 heteroatoms. The summed E-state index contributed by atoms with van der Waals surface area (Å²) in [6.45, 7) is 17.1. The Labute approximate surface area is 107 Å². The average molecular weight is 259 g/mol. The van der Waals surface area contributed by atoms with Gasteiger partial charge in [-0.05, 0) is 32.6 Å². The van der Waals surface area contributed by atoms with Crippen LogP contribution in [0.5, 0.6) is 0 Å². The van der Waals surface area contributed by atoms with E-state index in [0.717, 1.165) is 0 Å². The minimum Gasteiger partial charge on any atom is -0.374 e. The Kier molecular flexibility index (Phi) is 4.11. The molecule has 2 nitrogen and oxygen atoms in total. The summed E-state index contributed by atoms with van der Waals surface area (Å²) in [5.74, 6) is 1.10. The molecule has 0 aromatic rings. The molecule has 0 saturated carbocycles. The van der Waals surface area contributed by atoms with Gasteiger partial charge in [0.05, 0.1) is 12.2 Å². The molecule has 0 N–H and O–H groups in total. The van der Waals surface area contributed by atoms with E-state index in [9.17, 15) is 4.57 Å². The van der Waals surface area contributed by atoms with Crippen LogP contribution in [0.1, 0.15) is 48.5 Å². The number of ether oxygens (including phenoxy) is 1. The maximum Gasteiger partial charge on any atom is 0.341 e. The van der Waals surface area contributed by atoms with E-state index in [0.29, 0.717) is 17.9 Å². The van der Waals surface area contributed by atoms with E-state index in [4.69, 9.17) is 4.74 Å². The van der Waals surface area contributed by atoms with Gasteiger partial charge in [0.25, 0.3) is 0 Å². The van der Waals surface area contributed by atoms with Crippen molar-refractivity contribution in [2.75, 3.05) is 6.66 Å². The van der Waals surface area contributed by atoms with Crippen LogP contribution in [0.3, 0.4) is 0 Å². The fraction of sp³-hybridized carbons (Fsp3) is 1.00. The first-order valence-corrected chi connectivity index (χ1v) is 8.30. The molecule has 0 spiro atoms. The molecule has 0 aromatic carbocycles. The summed E-state index contributed by atoms with van der Waals surface area (Å²) in [4.78, 5) is 0. The van der Waals surface area contributed by atoms with E-state index >= 15 is 0 Å². The van der Waals surface area contributed by atoms with Gasteiger partial charge in [-0.25, -0.2) is 0 Å². The third kappa shape index (κ3) is 2.31. The molecule has 5 atom stereocenters. The van der Waals surface area contributed by atoms with Gasteiger partial charge in [0, 0.05) is 5.41 Å². The van der Waals surface area contributed by atoms with Crippen LogP contribution in [0.4, 0.5) is 0 Å². The number of hydrogen-bond donors (Lipinski definition) is 0. The van der Waals surface area contributed by atoms with E-state index in [1.165, 1.54) is 0 Å². The van der Waals surface area contributed by atoms with Crippen LogP contribution in [-0.4, -0.2) is 24.0 Å². The van der Waals surface area contributed by atoms with Crippen molar-refractivity contribution < 1.29 is 9.30 Å². The zero-order valence-electron chi connectivity index (χ0n) is 12.6. The van der Waals surface area contributed by atoms with Crippen LogP contribution in [0.15, 0.2) is 0 Å². The van der Waals surface area contributed by atoms with Crippen LogP contribution in [0.25, 0.3) is 0 Å². The minimum absolute atomic E-state index is 0.0758. The Bertz CT molecular complexity index is 309. The Morgan fingerprint density at radius 2 is 1.47 bits per heavy atom. The van der Waals surface area contributed by atoms with E-state index in [1.807, 2.05) is 6.66 Å². The molecule has 5 unspecified atom stereocenters. The van der Waals surface area contributed by atoms with Gasteiger partial charge in [0.1, 0.15) is 6.66 Å². The summed E-state index contributed by atoms with van der Waals surface area (Å²) in [6, 6.07) is 0. The van der Waals surface area contributed by atoms with Gasteiger partial charge in [-0.2, -0.15) is 0 Å². The second kappa shape index (κ2) is 4.63. The lowest BCUT2D eigenvalue weighted by Crippen LogP contribution is -2.47. The molecule has 0 bridgehead atoms. The zero-order valence-corrected chi connectivity index (χ0v) is 13.5. The highest BCUT2D eigenvalue weighted by Crippen LogP contribution is 2.54. The van der Waals surface area contributed by atoms with Gasteiger partial charge in [-0.3, -0.25) is 0 Å². The maximum absolute atomic E-state index is 12.0. The van der Waals surface area contributed by atoms with Gasteiger partial charge in [-0.15, -0.1) is 0 Å². The minimum atomic E-state index is -1.23. The molecule has 1 rings (SSSR count). The second-order valence-corrected chi connectivity index (χ2v) is 8.87. The molecule has 17 heavy (non-hydrogen) atoms. The average Bonchev–Trinajstić information content (AvgIpc) is 2.45. The first-order valence-electron chi connectivity index (χ1n) is 6.60. The van der Waals surface area contributed by atoms with Crippen molar-refractivity contribution >= 4 is 7.80 Å². The summed E-state index contributed by atoms with van der Waals surface area (Å²) in [6.07, 6.45) is 0.501. The summed E-state index contributed by atoms with van der Waals surface area (Å²) >= 11 is 0. The van der Waals surface area contributed by atoms with Crippen LogP contribution >= 0.6 is 7.80 Å². The van der Waals surface area contributed by atoms with Crippen molar-refractivity contribution in [3.63, 3.8) is 0 Å². The summed E-state index contributed by atoms with van der Waals surface area (Å²) < 4.78 is 18.2. The van der Waals surface area contributed by atoms with Gasteiger partial charge in [0.2, 0.25) is 0 Å². The quantitative estimate of drug-likeness (QED) is 0.706. The fourth-order valence-corrected chi connectivity index (χ4v) is 3.70. The van der Waals surface area contributed by atoms with Crippen molar-refractivity contribution in [1.29, 1.82) is 0 Å². The lowest BCUT2D eigenvalue weighted by molar-refractivity contribution is -0.0436. The van der Waals surface area contributed by atoms with E-state index in [1.54, 1.807) is 0 Å². The third-order valence-corrected chi connectivity index (χ3v) is 7.63. The molecular formula is C14H28O2P+. The van der Waals surface area contributed by atoms with Crippen molar-refractivity contribution in [2.45, 2.75) is 65.8 Å². The van der Waals surface area contributed by atoms with E-state index < -0.39 is 7.80 Å². The molecule has 0 radical (unpaired) electrons. The molecule has 1 saturated heterocycles. The number of rotatable bonds is 3. The molecule has 0 amide bonds. The summed E-state index contributed by atoms with van der Waals surface area (Å²) in [5, 5.41) is -0.203. The molecule has 0 aromatic heterocycles. The highest BCUT2D eigenvalue weighted by Gasteiger charge is 2.58. The molecular weight excluding hydrogens is 231 g/mol. The van der Waals surface area contributed by atoms with E-state index in [2.05, 4.69) is 48.5 Å². The lowest BCUT2D eigenvalue weighted by atomic mass is 9.70. The molecule has 1 aliphatic rings. The van der Waals surface area contributed by atoms with Crippen molar-refractivity contribution in [1.82, 2.24) is 0 Å². The zero-order chi connectivity index (χ0) is 13.6. The number of hydrogen-bond acceptors (Lipinski definition) is 2. The van der Waals surface area contributed by atoms with Crippen LogP contribution in [0.2, 0.25) is 0 Å². The Balaban J connectivity index is 3.03. The predicted octanol–water partition coefficient (Wildman–Crippen LogP) is 4.31. The molecule has 0 aliphatic carbocycles. The predicted molar refractivity (Wildman–Crippen MR) is 74.1 cm³/mol. The summed E-state index contributed by atoms with van der Waals surface area (Å²) in [7, 11) is -1.23. The monoisotopic (exact) mass is 259 g/mol. The normalized spacial score (nSPS) is 36.1. The smallest absolute Gasteiger partial charge is 0.341 e. The van der Waals surface area contributed by atoms with Crippen LogP contribution in [0, 0.1) is 17.3 Å². The SMILES string of the molecule is CC1OC(C(C)(C)C(C)(C)[P+](C)=O)C(C)C1C. The summed E-state index contributed by atoms with van der Waals surface area (Å²) in [5.41, 5.74) is -0.0758. The van der Waals surface area contributed by atoms with E-state index in [-0.39, 0.29) is 16.7 Å². The largest absolute Gasteiger partial charge is 0.374 e. The molecule has 1 fully saturated rings. The van der Waals surface area contributed by atoms with Crippen LogP contribution < -0.4 is 0 Å². The molecule has 1 heterocycles. The van der Waals surface area contributed by atoms with Crippen molar-refractivity contribution in [3.05, 3.63) is 0 Å². The first kappa shape index (κ1) is 15.1. The maximum atomic E-state index is 12.0. The molecule has 1 aliphatic heterocycles. The van der Waals surface area contributed by atoms with Crippen molar-refractivity contribution in [2.24, 2.45) is 17.3 Å². The highest BCUT2D eigenvalue weighted by molar-refractivity contribution is 7.45. The standard InChI is InChI=1S/C14H28O2P/c1-9-10(2)12(16-11(9)3)13(4,5)14(6,7)17(8)15/h9-12H,1-8H3/q+1. The van der Waals surface area contributed by atoms with Crippen LogP contribution in [-0.2, 0) is 9.30 Å². The van der Waals surface area contributed by atoms with Crippen molar-refractivity contribution in [3.8, 4) is 0 Å². The van der Waals surface area contributed by atoms with Gasteiger partial charge in [0.15, 0.2) is 5.16 Å². The first-order chi connectivity index (χ1) is 7.53. The third-order valence-electron chi connectivity index (χ3n) is 5.48. The topological polar surface area (TPSA) is 26.3 Å². The Morgan fingerprint density at radius 3 is 1.76 bits per heavy atom. The highest BCUT2D eigenvalue weighted by atomic mass is 31.1. The van der Waals surface area contributed by atoms with Gasteiger partial charge in [-0.1, -0.05) is 32.3 Å². The Morgan fingerprint density at radius 1 is 1.00 bits per heavy atom.